The van der Waals surface area contributed by atoms with Crippen LogP contribution in [-0.2, 0) is 49.5 Å². The minimum Gasteiger partial charge on any atom is -0.480 e. The normalized spacial score (nSPS) is 21.8. The fourth-order valence-electron chi connectivity index (χ4n) is 6.61. The topological polar surface area (TPSA) is 163 Å². The van der Waals surface area contributed by atoms with Crippen molar-refractivity contribution in [2.75, 3.05) is 19.6 Å². The van der Waals surface area contributed by atoms with Crippen LogP contribution in [0, 0.1) is 5.82 Å². The van der Waals surface area contributed by atoms with E-state index >= 15 is 0 Å². The van der Waals surface area contributed by atoms with E-state index in [1.54, 1.807) is 16.9 Å². The Labute approximate surface area is 262 Å². The Bertz CT molecular complexity index is 1700. The Morgan fingerprint density at radius 1 is 1.02 bits per heavy atom. The number of amides is 3. The molecule has 3 aliphatic rings. The van der Waals surface area contributed by atoms with Gasteiger partial charge in [0.1, 0.15) is 12.4 Å². The Morgan fingerprint density at radius 3 is 2.35 bits per heavy atom. The molecule has 2 fully saturated rings. The van der Waals surface area contributed by atoms with Crippen LogP contribution >= 0.6 is 0 Å². The number of rotatable bonds is 11. The van der Waals surface area contributed by atoms with Crippen LogP contribution in [0.5, 0.6) is 0 Å². The highest BCUT2D eigenvalue weighted by molar-refractivity contribution is 6.06. The highest BCUT2D eigenvalue weighted by Gasteiger charge is 2.58. The summed E-state index contributed by atoms with van der Waals surface area (Å²) < 4.78 is 21.0. The predicted molar refractivity (Wildman–Crippen MR) is 157 cm³/mol. The van der Waals surface area contributed by atoms with Gasteiger partial charge in [-0.2, -0.15) is 5.10 Å². The monoisotopic (exact) mass is 633 g/mol. The number of nitrogens with zero attached hydrogens (tertiary/aromatic N) is 5. The molecular formula is C32H32FN5O8. The van der Waals surface area contributed by atoms with Crippen molar-refractivity contribution >= 4 is 29.8 Å². The standard InChI is InChI=1S/C32H32FN5O8/c1-35-15-22(13-34-35)20-4-7-26-21(10-20)8-9-32(26)30(44)38(31(45)46-32)16-27(39)37(14-19-2-5-23(33)6-3-19)25-11-24(12-25)36(17-28(40)41)18-29(42)43/h2-7,10,13,15,24-25H,8-9,11-12,14,16-18H2,1H3,(H,40,41)(H,42,43)/t24?,25?,32-/m1/s1. The van der Waals surface area contributed by atoms with Gasteiger partial charge in [-0.3, -0.25) is 28.8 Å². The molecule has 1 aliphatic heterocycles. The molecule has 2 N–H and O–H groups in total. The highest BCUT2D eigenvalue weighted by atomic mass is 19.1. The van der Waals surface area contributed by atoms with Crippen LogP contribution in [0.15, 0.2) is 54.9 Å². The van der Waals surface area contributed by atoms with Crippen molar-refractivity contribution in [1.82, 2.24) is 24.5 Å². The molecular weight excluding hydrogens is 601 g/mol. The largest absolute Gasteiger partial charge is 0.480 e. The average molecular weight is 634 g/mol. The van der Waals surface area contributed by atoms with Crippen molar-refractivity contribution in [2.24, 2.45) is 7.05 Å². The summed E-state index contributed by atoms with van der Waals surface area (Å²) in [6.45, 7) is -1.50. The van der Waals surface area contributed by atoms with Gasteiger partial charge in [-0.25, -0.2) is 14.1 Å². The number of carbonyl (C=O) groups is 5. The molecule has 1 aromatic heterocycles. The van der Waals surface area contributed by atoms with Gasteiger partial charge in [0.05, 0.1) is 19.3 Å². The van der Waals surface area contributed by atoms with Gasteiger partial charge in [0, 0.05) is 49.4 Å². The summed E-state index contributed by atoms with van der Waals surface area (Å²) in [4.78, 5) is 67.1. The number of hydrogen-bond donors (Lipinski definition) is 2. The van der Waals surface area contributed by atoms with Crippen LogP contribution in [0.4, 0.5) is 9.18 Å². The molecule has 2 heterocycles. The van der Waals surface area contributed by atoms with Crippen LogP contribution in [0.1, 0.15) is 36.0 Å². The third kappa shape index (κ3) is 5.83. The Hall–Kier alpha value is -5.11. The van der Waals surface area contributed by atoms with Crippen molar-refractivity contribution in [3.05, 3.63) is 77.4 Å². The second-order valence-corrected chi connectivity index (χ2v) is 12.0. The number of aliphatic carboxylic acids is 2. The molecule has 0 radical (unpaired) electrons. The number of benzene rings is 2. The highest BCUT2D eigenvalue weighted by Crippen LogP contribution is 2.46. The molecule has 1 saturated heterocycles. The van der Waals surface area contributed by atoms with Gasteiger partial charge in [0.2, 0.25) is 11.5 Å². The van der Waals surface area contributed by atoms with Gasteiger partial charge in [0.15, 0.2) is 0 Å². The van der Waals surface area contributed by atoms with E-state index in [9.17, 15) is 38.6 Å². The van der Waals surface area contributed by atoms with Gasteiger partial charge >= 0.3 is 18.0 Å². The summed E-state index contributed by atoms with van der Waals surface area (Å²) in [5.74, 6) is -3.98. The second kappa shape index (κ2) is 12.0. The van der Waals surface area contributed by atoms with E-state index in [0.29, 0.717) is 17.5 Å². The van der Waals surface area contributed by atoms with Crippen LogP contribution in [-0.4, -0.2) is 96.3 Å². The van der Waals surface area contributed by atoms with E-state index in [2.05, 4.69) is 5.10 Å². The lowest BCUT2D eigenvalue weighted by atomic mass is 9.83. The molecule has 2 aliphatic carbocycles. The van der Waals surface area contributed by atoms with E-state index in [4.69, 9.17) is 4.74 Å². The van der Waals surface area contributed by atoms with Gasteiger partial charge in [0.25, 0.3) is 5.91 Å². The number of ether oxygens (including phenoxy) is 1. The fraction of sp³-hybridized carbons (Fsp3) is 0.375. The number of carbonyl (C=O) groups excluding carboxylic acids is 3. The van der Waals surface area contributed by atoms with Crippen LogP contribution in [0.2, 0.25) is 0 Å². The molecule has 0 bridgehead atoms. The second-order valence-electron chi connectivity index (χ2n) is 12.0. The van der Waals surface area contributed by atoms with Crippen molar-refractivity contribution in [1.29, 1.82) is 0 Å². The Morgan fingerprint density at radius 2 is 1.72 bits per heavy atom. The van der Waals surface area contributed by atoms with Gasteiger partial charge in [-0.15, -0.1) is 0 Å². The number of carboxylic acid groups (broad SMARTS) is 2. The lowest BCUT2D eigenvalue weighted by molar-refractivity contribution is -0.148. The van der Waals surface area contributed by atoms with Crippen LogP contribution in [0.25, 0.3) is 11.1 Å². The van der Waals surface area contributed by atoms with Gasteiger partial charge < -0.3 is 19.8 Å². The maximum Gasteiger partial charge on any atom is 0.418 e. The third-order valence-corrected chi connectivity index (χ3v) is 9.00. The first-order valence-electron chi connectivity index (χ1n) is 14.8. The van der Waals surface area contributed by atoms with Crippen LogP contribution in [0.3, 0.4) is 0 Å². The molecule has 0 unspecified atom stereocenters. The molecule has 6 rings (SSSR count). The van der Waals surface area contributed by atoms with E-state index in [1.165, 1.54) is 34.1 Å². The summed E-state index contributed by atoms with van der Waals surface area (Å²) in [5, 5.41) is 22.7. The number of aromatic nitrogens is 2. The molecule has 1 atom stereocenters. The smallest absolute Gasteiger partial charge is 0.418 e. The van der Waals surface area contributed by atoms with Gasteiger partial charge in [-0.05, 0) is 48.1 Å². The molecule has 240 valence electrons. The van der Waals surface area contributed by atoms with E-state index in [-0.39, 0.29) is 25.8 Å². The Balaban J connectivity index is 1.20. The number of fused-ring (bicyclic) bond motifs is 2. The van der Waals surface area contributed by atoms with E-state index in [1.807, 2.05) is 25.4 Å². The number of imide groups is 1. The first-order valence-corrected chi connectivity index (χ1v) is 14.8. The summed E-state index contributed by atoms with van der Waals surface area (Å²) in [6.07, 6.45) is 3.97. The Kier molecular flexibility index (Phi) is 8.06. The maximum absolute atomic E-state index is 13.9. The van der Waals surface area contributed by atoms with E-state index < -0.39 is 73.0 Å². The fourth-order valence-corrected chi connectivity index (χ4v) is 6.61. The minimum absolute atomic E-state index is 0.0382. The number of halogens is 1. The number of carboxylic acids is 2. The minimum atomic E-state index is -1.53. The summed E-state index contributed by atoms with van der Waals surface area (Å²) >= 11 is 0. The van der Waals surface area contributed by atoms with Crippen molar-refractivity contribution in [3.8, 4) is 11.1 Å². The lowest BCUT2D eigenvalue weighted by Crippen LogP contribution is -2.58. The predicted octanol–water partition coefficient (Wildman–Crippen LogP) is 2.38. The average Bonchev–Trinajstić information content (AvgIpc) is 3.64. The zero-order chi connectivity index (χ0) is 32.7. The number of hydrogen-bond acceptors (Lipinski definition) is 8. The van der Waals surface area contributed by atoms with Crippen molar-refractivity contribution in [3.63, 3.8) is 0 Å². The molecule has 1 saturated carbocycles. The summed E-state index contributed by atoms with van der Waals surface area (Å²) in [5.41, 5.74) is 2.33. The molecule has 13 nitrogen and oxygen atoms in total. The quantitative estimate of drug-likeness (QED) is 0.321. The lowest BCUT2D eigenvalue weighted by Gasteiger charge is -2.47. The third-order valence-electron chi connectivity index (χ3n) is 9.00. The zero-order valence-corrected chi connectivity index (χ0v) is 25.0. The molecule has 3 aromatic rings. The number of aryl methyl sites for hydroxylation is 2. The van der Waals surface area contributed by atoms with Gasteiger partial charge in [-0.1, -0.05) is 30.3 Å². The summed E-state index contributed by atoms with van der Waals surface area (Å²) in [7, 11) is 1.82. The molecule has 14 heteroatoms. The zero-order valence-electron chi connectivity index (χ0n) is 25.0. The first-order chi connectivity index (χ1) is 21.9. The van der Waals surface area contributed by atoms with Crippen molar-refractivity contribution < 1.29 is 43.3 Å². The first kappa shape index (κ1) is 30.9. The molecule has 3 amide bonds. The molecule has 46 heavy (non-hydrogen) atoms. The van der Waals surface area contributed by atoms with Crippen LogP contribution < -0.4 is 0 Å². The van der Waals surface area contributed by atoms with Crippen molar-refractivity contribution in [2.45, 2.75) is 49.9 Å². The maximum atomic E-state index is 13.9. The van der Waals surface area contributed by atoms with E-state index in [0.717, 1.165) is 21.6 Å². The summed E-state index contributed by atoms with van der Waals surface area (Å²) in [6, 6.07) is 10.3. The molecule has 2 aromatic carbocycles. The SMILES string of the molecule is Cn1cc(-c2ccc3c(c2)CC[C@@]32OC(=O)N(CC(=O)N(Cc3ccc(F)cc3)C3CC(N(CC(=O)O)CC(=O)O)C3)C2=O)cn1. The molecule has 1 spiro atoms.